The van der Waals surface area contributed by atoms with Gasteiger partial charge in [0.1, 0.15) is 0 Å². The zero-order valence-corrected chi connectivity index (χ0v) is 9.02. The van der Waals surface area contributed by atoms with Crippen LogP contribution in [0.5, 0.6) is 0 Å². The van der Waals surface area contributed by atoms with Crippen molar-refractivity contribution in [2.75, 3.05) is 6.61 Å². The average molecular weight is 174 g/mol. The van der Waals surface area contributed by atoms with Crippen LogP contribution in [0.15, 0.2) is 0 Å². The predicted molar refractivity (Wildman–Crippen MR) is 51.2 cm³/mol. The SMILES string of the molecule is CCCC(OCC)OC(C)(C)C. The molecule has 12 heavy (non-hydrogen) atoms. The summed E-state index contributed by atoms with van der Waals surface area (Å²) in [6.45, 7) is 11.0. The molecule has 0 aliphatic carbocycles. The van der Waals surface area contributed by atoms with E-state index in [0.29, 0.717) is 0 Å². The molecule has 1 unspecified atom stereocenters. The second-order valence-corrected chi connectivity index (χ2v) is 3.90. The van der Waals surface area contributed by atoms with E-state index in [1.807, 2.05) is 6.92 Å². The Kier molecular flexibility index (Phi) is 5.51. The Bertz CT molecular complexity index is 98.9. The summed E-state index contributed by atoms with van der Waals surface area (Å²) in [5, 5.41) is 0. The lowest BCUT2D eigenvalue weighted by Crippen LogP contribution is -2.29. The first-order valence-corrected chi connectivity index (χ1v) is 4.79. The summed E-state index contributed by atoms with van der Waals surface area (Å²) >= 11 is 0. The Hall–Kier alpha value is -0.0800. The lowest BCUT2D eigenvalue weighted by atomic mass is 10.2. The maximum Gasteiger partial charge on any atom is 0.158 e. The monoisotopic (exact) mass is 174 g/mol. The normalized spacial score (nSPS) is 14.8. The van der Waals surface area contributed by atoms with Crippen molar-refractivity contribution in [2.24, 2.45) is 0 Å². The Morgan fingerprint density at radius 1 is 1.17 bits per heavy atom. The summed E-state index contributed by atoms with van der Waals surface area (Å²) in [4.78, 5) is 0. The van der Waals surface area contributed by atoms with E-state index in [4.69, 9.17) is 9.47 Å². The number of rotatable bonds is 5. The minimum absolute atomic E-state index is 0.0278. The molecule has 1 atom stereocenters. The van der Waals surface area contributed by atoms with Crippen molar-refractivity contribution in [1.82, 2.24) is 0 Å². The molecule has 0 radical (unpaired) electrons. The van der Waals surface area contributed by atoms with E-state index in [9.17, 15) is 0 Å². The van der Waals surface area contributed by atoms with Crippen molar-refractivity contribution < 1.29 is 9.47 Å². The fraction of sp³-hybridized carbons (Fsp3) is 1.00. The smallest absolute Gasteiger partial charge is 0.158 e. The van der Waals surface area contributed by atoms with Crippen molar-refractivity contribution >= 4 is 0 Å². The molecule has 0 aromatic heterocycles. The molecule has 0 aliphatic heterocycles. The second-order valence-electron chi connectivity index (χ2n) is 3.90. The zero-order chi connectivity index (χ0) is 9.61. The molecule has 0 bridgehead atoms. The van der Waals surface area contributed by atoms with Gasteiger partial charge in [0.25, 0.3) is 0 Å². The molecule has 0 spiro atoms. The topological polar surface area (TPSA) is 18.5 Å². The van der Waals surface area contributed by atoms with E-state index in [1.165, 1.54) is 0 Å². The molecule has 0 heterocycles. The fourth-order valence-electron chi connectivity index (χ4n) is 0.992. The lowest BCUT2D eigenvalue weighted by Gasteiger charge is -2.26. The standard InChI is InChI=1S/C10H22O2/c1-6-8-9(11-7-2)12-10(3,4)5/h9H,6-8H2,1-5H3. The van der Waals surface area contributed by atoms with E-state index in [2.05, 4.69) is 27.7 Å². The Labute approximate surface area is 76.3 Å². The zero-order valence-electron chi connectivity index (χ0n) is 9.02. The van der Waals surface area contributed by atoms with Gasteiger partial charge in [0.2, 0.25) is 0 Å². The highest BCUT2D eigenvalue weighted by atomic mass is 16.7. The van der Waals surface area contributed by atoms with Gasteiger partial charge in [-0.25, -0.2) is 0 Å². The van der Waals surface area contributed by atoms with Gasteiger partial charge in [-0.1, -0.05) is 13.3 Å². The molecule has 0 N–H and O–H groups in total. The Morgan fingerprint density at radius 2 is 1.75 bits per heavy atom. The molecular weight excluding hydrogens is 152 g/mol. The van der Waals surface area contributed by atoms with Crippen LogP contribution in [0.25, 0.3) is 0 Å². The second kappa shape index (κ2) is 5.55. The molecule has 0 aromatic rings. The third kappa shape index (κ3) is 6.62. The van der Waals surface area contributed by atoms with Gasteiger partial charge >= 0.3 is 0 Å². The van der Waals surface area contributed by atoms with Crippen LogP contribution in [-0.2, 0) is 9.47 Å². The molecule has 0 fully saturated rings. The molecule has 0 rings (SSSR count). The van der Waals surface area contributed by atoms with Gasteiger partial charge in [-0.05, 0) is 34.1 Å². The van der Waals surface area contributed by atoms with Gasteiger partial charge in [0.05, 0.1) is 5.60 Å². The van der Waals surface area contributed by atoms with Gasteiger partial charge in [0, 0.05) is 6.61 Å². The van der Waals surface area contributed by atoms with E-state index in [-0.39, 0.29) is 11.9 Å². The first-order chi connectivity index (χ1) is 5.49. The summed E-state index contributed by atoms with van der Waals surface area (Å²) in [5.74, 6) is 0. The number of hydrogen-bond donors (Lipinski definition) is 0. The summed E-state index contributed by atoms with van der Waals surface area (Å²) in [7, 11) is 0. The van der Waals surface area contributed by atoms with E-state index >= 15 is 0 Å². The summed E-state index contributed by atoms with van der Waals surface area (Å²) in [5.41, 5.74) is -0.102. The van der Waals surface area contributed by atoms with Gasteiger partial charge < -0.3 is 9.47 Å². The van der Waals surface area contributed by atoms with Crippen molar-refractivity contribution in [2.45, 2.75) is 59.4 Å². The maximum absolute atomic E-state index is 5.70. The average Bonchev–Trinajstić information content (AvgIpc) is 1.84. The quantitative estimate of drug-likeness (QED) is 0.596. The highest BCUT2D eigenvalue weighted by Crippen LogP contribution is 2.14. The number of hydrogen-bond acceptors (Lipinski definition) is 2. The molecule has 0 amide bonds. The van der Waals surface area contributed by atoms with Crippen LogP contribution in [-0.4, -0.2) is 18.5 Å². The third-order valence-corrected chi connectivity index (χ3v) is 1.36. The maximum atomic E-state index is 5.70. The molecule has 0 saturated heterocycles. The van der Waals surface area contributed by atoms with Gasteiger partial charge in [-0.2, -0.15) is 0 Å². The van der Waals surface area contributed by atoms with Gasteiger partial charge in [0.15, 0.2) is 6.29 Å². The molecule has 0 saturated carbocycles. The first kappa shape index (κ1) is 11.9. The third-order valence-electron chi connectivity index (χ3n) is 1.36. The molecule has 2 nitrogen and oxygen atoms in total. The predicted octanol–water partition coefficient (Wildman–Crippen LogP) is 2.96. The van der Waals surface area contributed by atoms with E-state index < -0.39 is 0 Å². The highest BCUT2D eigenvalue weighted by Gasteiger charge is 2.17. The Morgan fingerprint density at radius 3 is 2.08 bits per heavy atom. The fourth-order valence-corrected chi connectivity index (χ4v) is 0.992. The first-order valence-electron chi connectivity index (χ1n) is 4.79. The summed E-state index contributed by atoms with van der Waals surface area (Å²) < 4.78 is 11.1. The summed E-state index contributed by atoms with van der Waals surface area (Å²) in [6.07, 6.45) is 2.05. The highest BCUT2D eigenvalue weighted by molar-refractivity contribution is 4.60. The van der Waals surface area contributed by atoms with Crippen LogP contribution < -0.4 is 0 Å². The minimum atomic E-state index is -0.102. The van der Waals surface area contributed by atoms with Gasteiger partial charge in [-0.15, -0.1) is 0 Å². The Balaban J connectivity index is 3.77. The number of ether oxygens (including phenoxy) is 2. The molecular formula is C10H22O2. The van der Waals surface area contributed by atoms with Crippen LogP contribution in [0, 0.1) is 0 Å². The summed E-state index contributed by atoms with van der Waals surface area (Å²) in [6, 6.07) is 0. The van der Waals surface area contributed by atoms with Gasteiger partial charge in [-0.3, -0.25) is 0 Å². The van der Waals surface area contributed by atoms with Crippen molar-refractivity contribution in [3.8, 4) is 0 Å². The van der Waals surface area contributed by atoms with Crippen molar-refractivity contribution in [3.05, 3.63) is 0 Å². The molecule has 2 heteroatoms. The minimum Gasteiger partial charge on any atom is -0.353 e. The van der Waals surface area contributed by atoms with E-state index in [1.54, 1.807) is 0 Å². The van der Waals surface area contributed by atoms with Crippen LogP contribution in [0.1, 0.15) is 47.5 Å². The molecule has 74 valence electrons. The van der Waals surface area contributed by atoms with E-state index in [0.717, 1.165) is 19.4 Å². The molecule has 0 aliphatic rings. The largest absolute Gasteiger partial charge is 0.353 e. The lowest BCUT2D eigenvalue weighted by molar-refractivity contribution is -0.195. The van der Waals surface area contributed by atoms with Crippen LogP contribution in [0.2, 0.25) is 0 Å². The van der Waals surface area contributed by atoms with Crippen LogP contribution in [0.3, 0.4) is 0 Å². The molecule has 0 aromatic carbocycles. The van der Waals surface area contributed by atoms with Crippen molar-refractivity contribution in [1.29, 1.82) is 0 Å². The van der Waals surface area contributed by atoms with Crippen LogP contribution >= 0.6 is 0 Å². The van der Waals surface area contributed by atoms with Crippen LogP contribution in [0.4, 0.5) is 0 Å². The van der Waals surface area contributed by atoms with Crippen molar-refractivity contribution in [3.63, 3.8) is 0 Å².